The van der Waals surface area contributed by atoms with E-state index in [1.807, 2.05) is 30.3 Å². The summed E-state index contributed by atoms with van der Waals surface area (Å²) in [5, 5.41) is 10.0. The van der Waals surface area contributed by atoms with E-state index < -0.39 is 0 Å². The van der Waals surface area contributed by atoms with E-state index >= 15 is 0 Å². The van der Waals surface area contributed by atoms with Gasteiger partial charge in [-0.1, -0.05) is 26.8 Å². The normalized spacial score (nSPS) is 15.6. The zero-order valence-corrected chi connectivity index (χ0v) is 18.6. The fourth-order valence-electron chi connectivity index (χ4n) is 3.62. The van der Waals surface area contributed by atoms with Gasteiger partial charge in [0.25, 0.3) is 0 Å². The molecule has 5 heteroatoms. The molecule has 1 saturated heterocycles. The van der Waals surface area contributed by atoms with Gasteiger partial charge >= 0.3 is 0 Å². The highest BCUT2D eigenvalue weighted by Gasteiger charge is 2.19. The molecule has 1 fully saturated rings. The SMILES string of the molecule is COc1ccc(C(C)(C)C)cc1C(=O)C=Cc1ccc(O)cc1N1CCN(C)CC1. The van der Waals surface area contributed by atoms with E-state index in [0.717, 1.165) is 43.0 Å². The van der Waals surface area contributed by atoms with Crippen molar-refractivity contribution < 1.29 is 14.6 Å². The third-order valence-electron chi connectivity index (χ3n) is 5.60. The number of rotatable bonds is 5. The Hall–Kier alpha value is -2.79. The van der Waals surface area contributed by atoms with Gasteiger partial charge in [-0.25, -0.2) is 0 Å². The minimum Gasteiger partial charge on any atom is -0.508 e. The molecule has 0 radical (unpaired) electrons. The zero-order valence-electron chi connectivity index (χ0n) is 18.6. The molecule has 1 heterocycles. The van der Waals surface area contributed by atoms with Gasteiger partial charge < -0.3 is 19.6 Å². The molecule has 1 N–H and O–H groups in total. The lowest BCUT2D eigenvalue weighted by molar-refractivity contribution is 0.104. The number of benzene rings is 2. The number of carbonyl (C=O) groups is 1. The summed E-state index contributed by atoms with van der Waals surface area (Å²) in [5.41, 5.74) is 3.44. The summed E-state index contributed by atoms with van der Waals surface area (Å²) in [6, 6.07) is 11.1. The molecule has 0 amide bonds. The molecular weight excluding hydrogens is 376 g/mol. The molecule has 0 aliphatic carbocycles. The van der Waals surface area contributed by atoms with E-state index in [2.05, 4.69) is 37.6 Å². The number of anilines is 1. The van der Waals surface area contributed by atoms with Crippen molar-refractivity contribution >= 4 is 17.5 Å². The van der Waals surface area contributed by atoms with Crippen LogP contribution in [0.5, 0.6) is 11.5 Å². The number of allylic oxidation sites excluding steroid dienone is 1. The molecule has 0 unspecified atom stereocenters. The number of aromatic hydroxyl groups is 1. The summed E-state index contributed by atoms with van der Waals surface area (Å²) in [6.07, 6.45) is 3.43. The molecule has 30 heavy (non-hydrogen) atoms. The first-order chi connectivity index (χ1) is 14.2. The predicted octanol–water partition coefficient (Wildman–Crippen LogP) is 4.35. The molecule has 1 aliphatic heterocycles. The van der Waals surface area contributed by atoms with Gasteiger partial charge in [0.2, 0.25) is 0 Å². The quantitative estimate of drug-likeness (QED) is 0.589. The number of piperazine rings is 1. The lowest BCUT2D eigenvalue weighted by Crippen LogP contribution is -2.44. The molecule has 0 atom stereocenters. The van der Waals surface area contributed by atoms with Crippen LogP contribution in [0.1, 0.15) is 42.3 Å². The maximum Gasteiger partial charge on any atom is 0.189 e. The van der Waals surface area contributed by atoms with Crippen LogP contribution >= 0.6 is 0 Å². The molecular formula is C25H32N2O3. The van der Waals surface area contributed by atoms with Crippen molar-refractivity contribution in [3.05, 3.63) is 59.2 Å². The van der Waals surface area contributed by atoms with E-state index in [-0.39, 0.29) is 16.9 Å². The van der Waals surface area contributed by atoms with Crippen molar-refractivity contribution in [1.82, 2.24) is 4.90 Å². The van der Waals surface area contributed by atoms with Crippen LogP contribution in [0.15, 0.2) is 42.5 Å². The number of hydrogen-bond donors (Lipinski definition) is 1. The Kier molecular flexibility index (Phi) is 6.52. The van der Waals surface area contributed by atoms with Crippen LogP contribution in [-0.4, -0.2) is 56.1 Å². The van der Waals surface area contributed by atoms with Gasteiger partial charge in [0.15, 0.2) is 5.78 Å². The number of likely N-dealkylation sites (N-methyl/N-ethyl adjacent to an activating group) is 1. The number of phenolic OH excluding ortho intramolecular Hbond substituents is 1. The lowest BCUT2D eigenvalue weighted by Gasteiger charge is -2.35. The summed E-state index contributed by atoms with van der Waals surface area (Å²) in [7, 11) is 3.69. The summed E-state index contributed by atoms with van der Waals surface area (Å²) in [6.45, 7) is 10.1. The Morgan fingerprint density at radius 1 is 1.07 bits per heavy atom. The maximum absolute atomic E-state index is 13.0. The number of ether oxygens (including phenoxy) is 1. The molecule has 2 aromatic rings. The highest BCUT2D eigenvalue weighted by Crippen LogP contribution is 2.30. The van der Waals surface area contributed by atoms with Crippen LogP contribution in [0, 0.1) is 0 Å². The Bertz CT molecular complexity index is 936. The topological polar surface area (TPSA) is 53.0 Å². The number of nitrogens with zero attached hydrogens (tertiary/aromatic N) is 2. The molecule has 0 saturated carbocycles. The van der Waals surface area contributed by atoms with Crippen LogP contribution in [0.4, 0.5) is 5.69 Å². The van der Waals surface area contributed by atoms with Crippen molar-refractivity contribution in [1.29, 1.82) is 0 Å². The van der Waals surface area contributed by atoms with Crippen LogP contribution in [0.2, 0.25) is 0 Å². The minimum atomic E-state index is -0.102. The predicted molar refractivity (Wildman–Crippen MR) is 123 cm³/mol. The van der Waals surface area contributed by atoms with Crippen molar-refractivity contribution in [2.24, 2.45) is 0 Å². The standard InChI is InChI=1S/C25H32N2O3/c1-25(2,3)19-8-11-24(30-5)21(16-19)23(29)10-7-18-6-9-20(28)17-22(18)27-14-12-26(4)13-15-27/h6-11,16-17,28H,12-15H2,1-5H3. The van der Waals surface area contributed by atoms with Crippen LogP contribution < -0.4 is 9.64 Å². The van der Waals surface area contributed by atoms with Gasteiger partial charge in [0.05, 0.1) is 12.7 Å². The monoisotopic (exact) mass is 408 g/mol. The summed E-state index contributed by atoms with van der Waals surface area (Å²) in [5.74, 6) is 0.699. The molecule has 160 valence electrons. The summed E-state index contributed by atoms with van der Waals surface area (Å²) >= 11 is 0. The Labute approximate surface area is 179 Å². The second kappa shape index (κ2) is 8.92. The van der Waals surface area contributed by atoms with Crippen molar-refractivity contribution in [3.8, 4) is 11.5 Å². The maximum atomic E-state index is 13.0. The molecule has 5 nitrogen and oxygen atoms in total. The van der Waals surface area contributed by atoms with Crippen LogP contribution in [-0.2, 0) is 5.41 Å². The highest BCUT2D eigenvalue weighted by molar-refractivity contribution is 6.09. The second-order valence-electron chi connectivity index (χ2n) is 8.90. The fraction of sp³-hybridized carbons (Fsp3) is 0.400. The first-order valence-electron chi connectivity index (χ1n) is 10.4. The highest BCUT2D eigenvalue weighted by atomic mass is 16.5. The minimum absolute atomic E-state index is 0.0590. The average Bonchev–Trinajstić information content (AvgIpc) is 2.72. The fourth-order valence-corrected chi connectivity index (χ4v) is 3.62. The first kappa shape index (κ1) is 21.9. The Balaban J connectivity index is 1.90. The van der Waals surface area contributed by atoms with Crippen molar-refractivity contribution in [2.75, 3.05) is 45.2 Å². The molecule has 3 rings (SSSR count). The van der Waals surface area contributed by atoms with Crippen molar-refractivity contribution in [2.45, 2.75) is 26.2 Å². The molecule has 0 spiro atoms. The molecule has 1 aliphatic rings. The lowest BCUT2D eigenvalue weighted by atomic mass is 9.85. The second-order valence-corrected chi connectivity index (χ2v) is 8.90. The summed E-state index contributed by atoms with van der Waals surface area (Å²) in [4.78, 5) is 17.6. The number of methoxy groups -OCH3 is 1. The van der Waals surface area contributed by atoms with E-state index in [1.165, 1.54) is 0 Å². The van der Waals surface area contributed by atoms with Crippen molar-refractivity contribution in [3.63, 3.8) is 0 Å². The third kappa shape index (κ3) is 5.03. The van der Waals surface area contributed by atoms with Gasteiger partial charge in [-0.05, 0) is 60.0 Å². The van der Waals surface area contributed by atoms with Gasteiger partial charge in [0, 0.05) is 37.9 Å². The zero-order chi connectivity index (χ0) is 21.9. The number of ketones is 1. The van der Waals surface area contributed by atoms with Gasteiger partial charge in [-0.15, -0.1) is 0 Å². The Morgan fingerprint density at radius 3 is 2.40 bits per heavy atom. The van der Waals surface area contributed by atoms with Gasteiger partial charge in [0.1, 0.15) is 11.5 Å². The third-order valence-corrected chi connectivity index (χ3v) is 5.60. The Morgan fingerprint density at radius 2 is 1.77 bits per heavy atom. The van der Waals surface area contributed by atoms with Crippen LogP contribution in [0.3, 0.4) is 0 Å². The van der Waals surface area contributed by atoms with E-state index in [1.54, 1.807) is 25.3 Å². The van der Waals surface area contributed by atoms with E-state index in [0.29, 0.717) is 11.3 Å². The van der Waals surface area contributed by atoms with Gasteiger partial charge in [-0.3, -0.25) is 4.79 Å². The first-order valence-corrected chi connectivity index (χ1v) is 10.4. The molecule has 2 aromatic carbocycles. The molecule has 0 bridgehead atoms. The smallest absolute Gasteiger partial charge is 0.189 e. The average molecular weight is 409 g/mol. The number of carbonyl (C=O) groups excluding carboxylic acids is 1. The largest absolute Gasteiger partial charge is 0.508 e. The van der Waals surface area contributed by atoms with E-state index in [4.69, 9.17) is 4.74 Å². The number of hydrogen-bond acceptors (Lipinski definition) is 5. The number of phenols is 1. The van der Waals surface area contributed by atoms with Gasteiger partial charge in [-0.2, -0.15) is 0 Å². The van der Waals surface area contributed by atoms with E-state index in [9.17, 15) is 9.90 Å². The summed E-state index contributed by atoms with van der Waals surface area (Å²) < 4.78 is 5.43. The molecule has 0 aromatic heterocycles. The van der Waals surface area contributed by atoms with Crippen LogP contribution in [0.25, 0.3) is 6.08 Å².